The van der Waals surface area contributed by atoms with Crippen molar-refractivity contribution in [3.8, 4) is 0 Å². The highest BCUT2D eigenvalue weighted by Crippen LogP contribution is 2.25. The Morgan fingerprint density at radius 1 is 1.13 bits per heavy atom. The Bertz CT molecular complexity index is 801. The molecule has 9 nitrogen and oxygen atoms in total. The molecule has 172 valence electrons. The van der Waals surface area contributed by atoms with Gasteiger partial charge in [-0.3, -0.25) is 20.4 Å². The van der Waals surface area contributed by atoms with Gasteiger partial charge in [0, 0.05) is 24.2 Å². The van der Waals surface area contributed by atoms with E-state index in [2.05, 4.69) is 26.5 Å². The molecule has 0 radical (unpaired) electrons. The van der Waals surface area contributed by atoms with Crippen molar-refractivity contribution in [2.75, 3.05) is 5.32 Å². The molecule has 3 amide bonds. The number of hydrazine groups is 1. The van der Waals surface area contributed by atoms with E-state index in [-0.39, 0.29) is 34.6 Å². The summed E-state index contributed by atoms with van der Waals surface area (Å²) in [5, 5.41) is 6.25. The highest BCUT2D eigenvalue weighted by atomic mass is 35.5. The van der Waals surface area contributed by atoms with E-state index in [0.29, 0.717) is 31.4 Å². The van der Waals surface area contributed by atoms with E-state index >= 15 is 0 Å². The topological polar surface area (TPSA) is 121 Å². The third-order valence-electron chi connectivity index (χ3n) is 4.68. The number of rotatable bonds is 5. The van der Waals surface area contributed by atoms with Crippen LogP contribution >= 0.6 is 11.6 Å². The summed E-state index contributed by atoms with van der Waals surface area (Å²) in [6.45, 7) is 9.30. The summed E-state index contributed by atoms with van der Waals surface area (Å²) in [4.78, 5) is 40.8. The Balaban J connectivity index is 1.82. The largest absolute Gasteiger partial charge is 0.444 e. The first-order valence-corrected chi connectivity index (χ1v) is 10.8. The van der Waals surface area contributed by atoms with Gasteiger partial charge >= 0.3 is 6.09 Å². The Labute approximate surface area is 188 Å². The third kappa shape index (κ3) is 8.24. The first kappa shape index (κ1) is 24.7. The minimum atomic E-state index is -0.552. The summed E-state index contributed by atoms with van der Waals surface area (Å²) in [5.74, 6) is -0.987. The number of anilines is 1. The van der Waals surface area contributed by atoms with Crippen molar-refractivity contribution in [2.24, 2.45) is 5.92 Å². The molecular weight excluding hydrogens is 422 g/mol. The maximum Gasteiger partial charge on any atom is 0.407 e. The van der Waals surface area contributed by atoms with Crippen LogP contribution in [0.2, 0.25) is 5.15 Å². The van der Waals surface area contributed by atoms with Gasteiger partial charge in [0.2, 0.25) is 5.91 Å². The van der Waals surface area contributed by atoms with Gasteiger partial charge in [0.05, 0.1) is 11.3 Å². The molecule has 0 bridgehead atoms. The summed E-state index contributed by atoms with van der Waals surface area (Å²) in [5.41, 5.74) is 5.21. The number of ether oxygens (including phenoxy) is 1. The van der Waals surface area contributed by atoms with Crippen molar-refractivity contribution in [1.82, 2.24) is 21.2 Å². The fourth-order valence-corrected chi connectivity index (χ4v) is 3.46. The van der Waals surface area contributed by atoms with Crippen LogP contribution in [-0.2, 0) is 9.53 Å². The molecule has 31 heavy (non-hydrogen) atoms. The van der Waals surface area contributed by atoms with Gasteiger partial charge in [0.1, 0.15) is 10.8 Å². The molecule has 1 aliphatic carbocycles. The van der Waals surface area contributed by atoms with Gasteiger partial charge in [-0.15, -0.1) is 0 Å². The molecule has 2 rings (SSSR count). The summed E-state index contributed by atoms with van der Waals surface area (Å²) in [6.07, 6.45) is 3.44. The number of amides is 3. The van der Waals surface area contributed by atoms with Crippen LogP contribution in [0.15, 0.2) is 12.3 Å². The molecular formula is C21H32ClN5O4. The molecule has 0 unspecified atom stereocenters. The summed E-state index contributed by atoms with van der Waals surface area (Å²) < 4.78 is 5.27. The molecule has 1 saturated carbocycles. The number of pyridine rings is 1. The van der Waals surface area contributed by atoms with Crippen LogP contribution in [0.4, 0.5) is 10.5 Å². The molecule has 1 aromatic rings. The first-order chi connectivity index (χ1) is 14.4. The van der Waals surface area contributed by atoms with Gasteiger partial charge in [0.25, 0.3) is 5.91 Å². The number of alkyl carbamates (subject to hydrolysis) is 1. The van der Waals surface area contributed by atoms with E-state index in [1.54, 1.807) is 6.07 Å². The second-order valence-electron chi connectivity index (χ2n) is 8.99. The zero-order valence-electron chi connectivity index (χ0n) is 18.7. The molecule has 10 heteroatoms. The number of halogens is 1. The van der Waals surface area contributed by atoms with Crippen molar-refractivity contribution in [3.05, 3.63) is 23.0 Å². The Kier molecular flexibility index (Phi) is 8.50. The van der Waals surface area contributed by atoms with E-state index in [1.165, 1.54) is 6.20 Å². The Morgan fingerprint density at radius 2 is 1.77 bits per heavy atom. The number of aromatic nitrogens is 1. The lowest BCUT2D eigenvalue weighted by Crippen LogP contribution is -2.47. The van der Waals surface area contributed by atoms with Crippen LogP contribution in [-0.4, -0.2) is 40.6 Å². The lowest BCUT2D eigenvalue weighted by atomic mass is 9.85. The van der Waals surface area contributed by atoms with E-state index < -0.39 is 17.6 Å². The van der Waals surface area contributed by atoms with Crippen molar-refractivity contribution in [3.63, 3.8) is 0 Å². The molecule has 0 atom stereocenters. The van der Waals surface area contributed by atoms with Crippen molar-refractivity contribution in [2.45, 2.75) is 78.0 Å². The average molecular weight is 454 g/mol. The normalized spacial score (nSPS) is 18.8. The minimum Gasteiger partial charge on any atom is -0.444 e. The highest BCUT2D eigenvalue weighted by molar-refractivity contribution is 6.29. The highest BCUT2D eigenvalue weighted by Gasteiger charge is 2.28. The molecule has 4 N–H and O–H groups in total. The van der Waals surface area contributed by atoms with Gasteiger partial charge in [-0.05, 0) is 66.4 Å². The number of carbonyl (C=O) groups is 3. The molecule has 0 aliphatic heterocycles. The van der Waals surface area contributed by atoms with Crippen LogP contribution in [0.5, 0.6) is 0 Å². The van der Waals surface area contributed by atoms with Crippen LogP contribution in [0.3, 0.4) is 0 Å². The number of hydrogen-bond acceptors (Lipinski definition) is 6. The van der Waals surface area contributed by atoms with Gasteiger partial charge < -0.3 is 15.4 Å². The maximum atomic E-state index is 12.5. The fraction of sp³-hybridized carbons (Fsp3) is 0.619. The fourth-order valence-electron chi connectivity index (χ4n) is 3.30. The lowest BCUT2D eigenvalue weighted by molar-refractivity contribution is -0.126. The molecule has 1 heterocycles. The predicted molar refractivity (Wildman–Crippen MR) is 119 cm³/mol. The number of hydrogen-bond donors (Lipinski definition) is 4. The van der Waals surface area contributed by atoms with Gasteiger partial charge in [0.15, 0.2) is 0 Å². The standard InChI is InChI=1S/C21H32ClN5O4/c1-12(2)24-16-10-17(22)23-11-15(16)19(29)27-26-18(28)13-6-8-14(9-7-13)25-20(30)31-21(3,4)5/h10-14H,6-9H2,1-5H3,(H,23,24)(H,25,30)(H,26,28)(H,27,29)/t13-,14-. The zero-order valence-corrected chi connectivity index (χ0v) is 19.4. The number of nitrogens with zero attached hydrogens (tertiary/aromatic N) is 1. The summed E-state index contributed by atoms with van der Waals surface area (Å²) >= 11 is 5.92. The van der Waals surface area contributed by atoms with Gasteiger partial charge in [-0.25, -0.2) is 9.78 Å². The third-order valence-corrected chi connectivity index (χ3v) is 4.88. The average Bonchev–Trinajstić information content (AvgIpc) is 2.64. The van der Waals surface area contributed by atoms with Crippen LogP contribution in [0.25, 0.3) is 0 Å². The van der Waals surface area contributed by atoms with E-state index in [0.717, 1.165) is 0 Å². The number of nitrogens with one attached hydrogen (secondary N) is 4. The van der Waals surface area contributed by atoms with E-state index in [4.69, 9.17) is 16.3 Å². The molecule has 1 aromatic heterocycles. The quantitative estimate of drug-likeness (QED) is 0.400. The summed E-state index contributed by atoms with van der Waals surface area (Å²) in [6, 6.07) is 1.62. The molecule has 1 fully saturated rings. The number of carbonyl (C=O) groups excluding carboxylic acids is 3. The molecule has 0 saturated heterocycles. The van der Waals surface area contributed by atoms with Crippen molar-refractivity contribution in [1.29, 1.82) is 0 Å². The predicted octanol–water partition coefficient (Wildman–Crippen LogP) is 3.40. The Morgan fingerprint density at radius 3 is 2.35 bits per heavy atom. The SMILES string of the molecule is CC(C)Nc1cc(Cl)ncc1C(=O)NNC(=O)[C@H]1CC[C@H](NC(=O)OC(C)(C)C)CC1. The summed E-state index contributed by atoms with van der Waals surface area (Å²) in [7, 11) is 0. The van der Waals surface area contributed by atoms with Crippen LogP contribution in [0.1, 0.15) is 70.7 Å². The van der Waals surface area contributed by atoms with Crippen molar-refractivity contribution < 1.29 is 19.1 Å². The smallest absolute Gasteiger partial charge is 0.407 e. The molecule has 1 aliphatic rings. The van der Waals surface area contributed by atoms with Gasteiger partial charge in [-0.2, -0.15) is 0 Å². The lowest BCUT2D eigenvalue weighted by Gasteiger charge is -2.29. The van der Waals surface area contributed by atoms with Crippen LogP contribution in [0, 0.1) is 5.92 Å². The second kappa shape index (κ2) is 10.7. The van der Waals surface area contributed by atoms with E-state index in [9.17, 15) is 14.4 Å². The molecule has 0 spiro atoms. The van der Waals surface area contributed by atoms with Crippen LogP contribution < -0.4 is 21.5 Å². The maximum absolute atomic E-state index is 12.5. The van der Waals surface area contributed by atoms with E-state index in [1.807, 2.05) is 34.6 Å². The van der Waals surface area contributed by atoms with Gasteiger partial charge in [-0.1, -0.05) is 11.6 Å². The monoisotopic (exact) mass is 453 g/mol. The molecule has 0 aromatic carbocycles. The zero-order chi connectivity index (χ0) is 23.2. The minimum absolute atomic E-state index is 0.0294. The van der Waals surface area contributed by atoms with Crippen molar-refractivity contribution >= 4 is 35.2 Å². The Hall–Kier alpha value is -2.55. The second-order valence-corrected chi connectivity index (χ2v) is 9.38. The first-order valence-electron chi connectivity index (χ1n) is 10.5.